The molecule has 3 rings (SSSR count). The first-order valence-electron chi connectivity index (χ1n) is 12.8. The SMILES string of the molecule is CCCCCCCC(=O)NC(CN1CCCC1)C(OC(=O)N(C)C)c1ccc2c(c1)OCCO2. The molecular weight excluding hydrogens is 434 g/mol. The summed E-state index contributed by atoms with van der Waals surface area (Å²) in [6, 6.07) is 5.25. The molecule has 2 heterocycles. The van der Waals surface area contributed by atoms with E-state index in [-0.39, 0.29) is 11.9 Å². The second-order valence-electron chi connectivity index (χ2n) is 9.45. The van der Waals surface area contributed by atoms with Gasteiger partial charge in [-0.3, -0.25) is 4.79 Å². The lowest BCUT2D eigenvalue weighted by atomic mass is 10.00. The lowest BCUT2D eigenvalue weighted by molar-refractivity contribution is -0.123. The van der Waals surface area contributed by atoms with Gasteiger partial charge in [0.2, 0.25) is 5.91 Å². The Morgan fingerprint density at radius 3 is 2.47 bits per heavy atom. The molecule has 0 aliphatic carbocycles. The van der Waals surface area contributed by atoms with Gasteiger partial charge in [-0.1, -0.05) is 38.7 Å². The topological polar surface area (TPSA) is 80.3 Å². The van der Waals surface area contributed by atoms with Crippen molar-refractivity contribution in [2.24, 2.45) is 0 Å². The largest absolute Gasteiger partial charge is 0.486 e. The van der Waals surface area contributed by atoms with Crippen LogP contribution in [0.1, 0.15) is 70.0 Å². The van der Waals surface area contributed by atoms with Crippen molar-refractivity contribution in [3.8, 4) is 11.5 Å². The molecule has 1 saturated heterocycles. The third kappa shape index (κ3) is 7.79. The number of hydrogen-bond donors (Lipinski definition) is 1. The molecule has 1 N–H and O–H groups in total. The minimum absolute atomic E-state index is 0.00383. The summed E-state index contributed by atoms with van der Waals surface area (Å²) in [7, 11) is 3.32. The monoisotopic (exact) mass is 475 g/mol. The Bertz CT molecular complexity index is 795. The van der Waals surface area contributed by atoms with Crippen molar-refractivity contribution in [2.75, 3.05) is 46.9 Å². The Labute approximate surface area is 203 Å². The zero-order valence-electron chi connectivity index (χ0n) is 21.0. The Morgan fingerprint density at radius 2 is 1.76 bits per heavy atom. The van der Waals surface area contributed by atoms with Crippen LogP contribution in [0.5, 0.6) is 11.5 Å². The van der Waals surface area contributed by atoms with Crippen LogP contribution in [0, 0.1) is 0 Å². The van der Waals surface area contributed by atoms with Gasteiger partial charge in [0, 0.05) is 27.1 Å². The minimum Gasteiger partial charge on any atom is -0.486 e. The number of nitrogens with zero attached hydrogens (tertiary/aromatic N) is 2. The number of likely N-dealkylation sites (tertiary alicyclic amines) is 1. The van der Waals surface area contributed by atoms with Gasteiger partial charge in [-0.05, 0) is 50.0 Å². The third-order valence-corrected chi connectivity index (χ3v) is 6.36. The predicted octanol–water partition coefficient (Wildman–Crippen LogP) is 4.14. The molecule has 2 amide bonds. The lowest BCUT2D eigenvalue weighted by Crippen LogP contribution is -2.48. The highest BCUT2D eigenvalue weighted by molar-refractivity contribution is 5.76. The molecule has 0 aromatic heterocycles. The first kappa shape index (κ1) is 26.1. The second-order valence-corrected chi connectivity index (χ2v) is 9.45. The summed E-state index contributed by atoms with van der Waals surface area (Å²) >= 11 is 0. The van der Waals surface area contributed by atoms with Gasteiger partial charge in [-0.15, -0.1) is 0 Å². The number of amides is 2. The van der Waals surface area contributed by atoms with Crippen molar-refractivity contribution >= 4 is 12.0 Å². The summed E-state index contributed by atoms with van der Waals surface area (Å²) in [5.74, 6) is 1.32. The van der Waals surface area contributed by atoms with E-state index in [0.717, 1.165) is 50.8 Å². The van der Waals surface area contributed by atoms with Crippen LogP contribution >= 0.6 is 0 Å². The molecule has 2 aliphatic heterocycles. The maximum Gasteiger partial charge on any atom is 0.409 e. The van der Waals surface area contributed by atoms with Crippen molar-refractivity contribution in [1.82, 2.24) is 15.1 Å². The van der Waals surface area contributed by atoms with E-state index in [2.05, 4.69) is 17.1 Å². The van der Waals surface area contributed by atoms with Crippen LogP contribution in [0.3, 0.4) is 0 Å². The van der Waals surface area contributed by atoms with Gasteiger partial charge in [0.1, 0.15) is 13.2 Å². The maximum atomic E-state index is 12.9. The van der Waals surface area contributed by atoms with E-state index in [1.165, 1.54) is 17.7 Å². The number of rotatable bonds is 12. The van der Waals surface area contributed by atoms with Crippen LogP contribution in [0.4, 0.5) is 4.79 Å². The zero-order chi connectivity index (χ0) is 24.3. The van der Waals surface area contributed by atoms with Crippen LogP contribution in [0.25, 0.3) is 0 Å². The molecule has 2 aliphatic rings. The highest BCUT2D eigenvalue weighted by Crippen LogP contribution is 2.35. The summed E-state index contributed by atoms with van der Waals surface area (Å²) in [5, 5.41) is 3.21. The molecule has 190 valence electrons. The number of nitrogens with one attached hydrogen (secondary N) is 1. The summed E-state index contributed by atoms with van der Waals surface area (Å²) < 4.78 is 17.4. The molecule has 0 spiro atoms. The fourth-order valence-electron chi connectivity index (χ4n) is 4.46. The molecule has 34 heavy (non-hydrogen) atoms. The van der Waals surface area contributed by atoms with E-state index in [1.807, 2.05) is 18.2 Å². The molecular formula is C26H41N3O5. The number of carbonyl (C=O) groups excluding carboxylic acids is 2. The van der Waals surface area contributed by atoms with E-state index in [9.17, 15) is 9.59 Å². The molecule has 8 nitrogen and oxygen atoms in total. The Balaban J connectivity index is 1.79. The van der Waals surface area contributed by atoms with Gasteiger partial charge in [0.15, 0.2) is 17.6 Å². The van der Waals surface area contributed by atoms with Crippen LogP contribution in [0.15, 0.2) is 18.2 Å². The fourth-order valence-corrected chi connectivity index (χ4v) is 4.46. The lowest BCUT2D eigenvalue weighted by Gasteiger charge is -2.32. The third-order valence-electron chi connectivity index (χ3n) is 6.36. The number of fused-ring (bicyclic) bond motifs is 1. The molecule has 2 atom stereocenters. The van der Waals surface area contributed by atoms with E-state index in [0.29, 0.717) is 37.7 Å². The standard InChI is InChI=1S/C26H41N3O5/c1-4-5-6-7-8-11-24(30)27-21(19-29-14-9-10-15-29)25(34-26(31)28(2)3)20-12-13-22-23(18-20)33-17-16-32-22/h12-13,18,21,25H,4-11,14-17,19H2,1-3H3,(H,27,30). The molecule has 2 unspecified atom stereocenters. The number of benzene rings is 1. The molecule has 0 bridgehead atoms. The molecule has 8 heteroatoms. The fraction of sp³-hybridized carbons (Fsp3) is 0.692. The Kier molecular flexibility index (Phi) is 10.3. The highest BCUT2D eigenvalue weighted by atomic mass is 16.6. The first-order chi connectivity index (χ1) is 16.5. The average molecular weight is 476 g/mol. The van der Waals surface area contributed by atoms with Crippen LogP contribution in [0.2, 0.25) is 0 Å². The minimum atomic E-state index is -0.643. The molecule has 0 radical (unpaired) electrons. The van der Waals surface area contributed by atoms with E-state index < -0.39 is 12.2 Å². The van der Waals surface area contributed by atoms with Crippen molar-refractivity contribution in [2.45, 2.75) is 70.4 Å². The average Bonchev–Trinajstić information content (AvgIpc) is 3.34. The number of unbranched alkanes of at least 4 members (excludes halogenated alkanes) is 4. The molecule has 0 saturated carbocycles. The normalized spacial score (nSPS) is 17.1. The molecule has 1 aromatic carbocycles. The van der Waals surface area contributed by atoms with Crippen LogP contribution in [-0.4, -0.2) is 74.8 Å². The van der Waals surface area contributed by atoms with Gasteiger partial charge in [0.25, 0.3) is 0 Å². The van der Waals surface area contributed by atoms with Gasteiger partial charge in [-0.25, -0.2) is 4.79 Å². The van der Waals surface area contributed by atoms with Crippen molar-refractivity contribution in [3.63, 3.8) is 0 Å². The number of carbonyl (C=O) groups is 2. The van der Waals surface area contributed by atoms with Gasteiger partial charge in [-0.2, -0.15) is 0 Å². The highest BCUT2D eigenvalue weighted by Gasteiger charge is 2.32. The Morgan fingerprint density at radius 1 is 1.06 bits per heavy atom. The van der Waals surface area contributed by atoms with E-state index in [4.69, 9.17) is 14.2 Å². The quantitative estimate of drug-likeness (QED) is 0.458. The maximum absolute atomic E-state index is 12.9. The van der Waals surface area contributed by atoms with Crippen molar-refractivity contribution in [1.29, 1.82) is 0 Å². The van der Waals surface area contributed by atoms with E-state index in [1.54, 1.807) is 14.1 Å². The van der Waals surface area contributed by atoms with Gasteiger partial charge >= 0.3 is 6.09 Å². The Hall–Kier alpha value is -2.48. The molecule has 1 aromatic rings. The van der Waals surface area contributed by atoms with Crippen LogP contribution in [-0.2, 0) is 9.53 Å². The summed E-state index contributed by atoms with van der Waals surface area (Å²) in [6.45, 7) is 5.77. The number of ether oxygens (including phenoxy) is 3. The summed E-state index contributed by atoms with van der Waals surface area (Å²) in [6.07, 6.45) is 7.14. The van der Waals surface area contributed by atoms with Crippen molar-refractivity contribution in [3.05, 3.63) is 23.8 Å². The summed E-state index contributed by atoms with van der Waals surface area (Å²) in [4.78, 5) is 29.3. The summed E-state index contributed by atoms with van der Waals surface area (Å²) in [5.41, 5.74) is 0.784. The zero-order valence-corrected chi connectivity index (χ0v) is 21.0. The first-order valence-corrected chi connectivity index (χ1v) is 12.8. The van der Waals surface area contributed by atoms with Crippen LogP contribution < -0.4 is 14.8 Å². The smallest absolute Gasteiger partial charge is 0.409 e. The predicted molar refractivity (Wildman–Crippen MR) is 131 cm³/mol. The van der Waals surface area contributed by atoms with E-state index >= 15 is 0 Å². The number of hydrogen-bond acceptors (Lipinski definition) is 6. The van der Waals surface area contributed by atoms with Gasteiger partial charge < -0.3 is 29.3 Å². The van der Waals surface area contributed by atoms with Crippen molar-refractivity contribution < 1.29 is 23.8 Å². The second kappa shape index (κ2) is 13.4. The van der Waals surface area contributed by atoms with Gasteiger partial charge in [0.05, 0.1) is 6.04 Å². The molecule has 1 fully saturated rings.